The maximum Gasteiger partial charge on any atom is 0.181 e. The van der Waals surface area contributed by atoms with Gasteiger partial charge in [-0.2, -0.15) is 0 Å². The lowest BCUT2D eigenvalue weighted by atomic mass is 9.86. The first kappa shape index (κ1) is 18.7. The summed E-state index contributed by atoms with van der Waals surface area (Å²) in [6.07, 6.45) is 7.84. The zero-order chi connectivity index (χ0) is 19.6. The van der Waals surface area contributed by atoms with Gasteiger partial charge < -0.3 is 5.11 Å². The average molecular weight is 356 g/mol. The topological polar surface area (TPSA) is 37.3 Å². The molecule has 2 heteroatoms. The van der Waals surface area contributed by atoms with Crippen molar-refractivity contribution in [2.24, 2.45) is 0 Å². The third-order valence-corrected chi connectivity index (χ3v) is 4.91. The van der Waals surface area contributed by atoms with Crippen LogP contribution in [0.15, 0.2) is 78.4 Å². The van der Waals surface area contributed by atoms with Gasteiger partial charge in [0.25, 0.3) is 0 Å². The van der Waals surface area contributed by atoms with E-state index < -0.39 is 0 Å². The Morgan fingerprint density at radius 3 is 2.48 bits per heavy atom. The summed E-state index contributed by atoms with van der Waals surface area (Å²) in [5.41, 5.74) is 7.75. The molecule has 0 aromatic heterocycles. The number of aryl methyl sites for hydroxylation is 2. The average Bonchev–Trinajstić information content (AvgIpc) is 2.64. The number of allylic oxidation sites excluding steroid dienone is 6. The number of phenols is 1. The van der Waals surface area contributed by atoms with E-state index in [0.29, 0.717) is 12.2 Å². The smallest absolute Gasteiger partial charge is 0.181 e. The Labute approximate surface area is 160 Å². The van der Waals surface area contributed by atoms with Crippen molar-refractivity contribution in [3.63, 3.8) is 0 Å². The summed E-state index contributed by atoms with van der Waals surface area (Å²) in [5.74, 6) is 0.353. The van der Waals surface area contributed by atoms with Crippen molar-refractivity contribution in [1.82, 2.24) is 0 Å². The normalized spacial score (nSPS) is 15.5. The fraction of sp³-hybridized carbons (Fsp3) is 0.160. The molecule has 0 saturated heterocycles. The minimum atomic E-state index is 0.0390. The Hall–Kier alpha value is -3.13. The highest BCUT2D eigenvalue weighted by Gasteiger charge is 2.17. The molecule has 0 unspecified atom stereocenters. The predicted molar refractivity (Wildman–Crippen MR) is 112 cm³/mol. The molecule has 2 nitrogen and oxygen atoms in total. The molecule has 0 atom stereocenters. The van der Waals surface area contributed by atoms with Gasteiger partial charge >= 0.3 is 0 Å². The van der Waals surface area contributed by atoms with Crippen LogP contribution in [0, 0.1) is 13.8 Å². The standard InChI is InChI=1S/C25H24O2/c1-5-8-20-15-21(14-18(4)25(20)27)24(22-10-7-6-9-16(22)2)19-11-12-23(26)17(3)13-19/h5-7,9-15,27H,1,8H2,2-4H3/b24-19-. The van der Waals surface area contributed by atoms with E-state index in [1.807, 2.05) is 50.3 Å². The van der Waals surface area contributed by atoms with Crippen LogP contribution in [0.25, 0.3) is 5.57 Å². The van der Waals surface area contributed by atoms with Crippen molar-refractivity contribution in [1.29, 1.82) is 0 Å². The zero-order valence-corrected chi connectivity index (χ0v) is 16.0. The molecule has 0 bridgehead atoms. The van der Waals surface area contributed by atoms with Crippen molar-refractivity contribution in [3.05, 3.63) is 106 Å². The van der Waals surface area contributed by atoms with E-state index >= 15 is 0 Å². The molecule has 1 aliphatic rings. The van der Waals surface area contributed by atoms with Gasteiger partial charge in [-0.25, -0.2) is 0 Å². The fourth-order valence-electron chi connectivity index (χ4n) is 3.44. The molecule has 0 fully saturated rings. The van der Waals surface area contributed by atoms with Crippen LogP contribution in [0.4, 0.5) is 0 Å². The van der Waals surface area contributed by atoms with Crippen molar-refractivity contribution in [2.75, 3.05) is 0 Å². The van der Waals surface area contributed by atoms with Crippen molar-refractivity contribution >= 4 is 11.4 Å². The molecule has 3 rings (SSSR count). The first-order chi connectivity index (χ1) is 12.9. The third kappa shape index (κ3) is 3.70. The van der Waals surface area contributed by atoms with Gasteiger partial charge in [-0.3, -0.25) is 4.79 Å². The quantitative estimate of drug-likeness (QED) is 0.722. The van der Waals surface area contributed by atoms with Crippen LogP contribution in [0.5, 0.6) is 5.75 Å². The molecule has 2 aromatic rings. The molecular weight excluding hydrogens is 332 g/mol. The van der Waals surface area contributed by atoms with Gasteiger partial charge in [-0.1, -0.05) is 36.4 Å². The van der Waals surface area contributed by atoms with Gasteiger partial charge in [-0.05, 0) is 96.0 Å². The molecule has 0 spiro atoms. The summed E-state index contributed by atoms with van der Waals surface area (Å²) in [6, 6.07) is 12.3. The predicted octanol–water partition coefficient (Wildman–Crippen LogP) is 5.62. The van der Waals surface area contributed by atoms with Crippen LogP contribution in [0.3, 0.4) is 0 Å². The second kappa shape index (κ2) is 7.63. The Balaban J connectivity index is 2.33. The van der Waals surface area contributed by atoms with E-state index in [1.165, 1.54) is 0 Å². The second-order valence-electron chi connectivity index (χ2n) is 6.96. The first-order valence-electron chi connectivity index (χ1n) is 9.07. The number of benzene rings is 2. The number of ketones is 1. The summed E-state index contributed by atoms with van der Waals surface area (Å²) in [5, 5.41) is 10.4. The van der Waals surface area contributed by atoms with Gasteiger partial charge in [-0.15, -0.1) is 6.58 Å². The minimum absolute atomic E-state index is 0.0390. The number of rotatable bonds is 4. The lowest BCUT2D eigenvalue weighted by molar-refractivity contribution is -0.111. The van der Waals surface area contributed by atoms with Crippen LogP contribution in [0.1, 0.15) is 34.7 Å². The molecule has 27 heavy (non-hydrogen) atoms. The minimum Gasteiger partial charge on any atom is -0.507 e. The Bertz CT molecular complexity index is 1020. The largest absolute Gasteiger partial charge is 0.507 e. The Morgan fingerprint density at radius 2 is 1.81 bits per heavy atom. The van der Waals surface area contributed by atoms with Crippen LogP contribution >= 0.6 is 0 Å². The molecule has 2 aromatic carbocycles. The molecule has 0 amide bonds. The maximum atomic E-state index is 11.9. The fourth-order valence-corrected chi connectivity index (χ4v) is 3.44. The van der Waals surface area contributed by atoms with Gasteiger partial charge in [0, 0.05) is 0 Å². The molecule has 1 aliphatic carbocycles. The van der Waals surface area contributed by atoms with E-state index in [4.69, 9.17) is 0 Å². The van der Waals surface area contributed by atoms with Crippen LogP contribution in [-0.4, -0.2) is 10.9 Å². The van der Waals surface area contributed by atoms with E-state index in [2.05, 4.69) is 25.6 Å². The highest BCUT2D eigenvalue weighted by atomic mass is 16.3. The number of phenolic OH excluding ortho intramolecular Hbond substituents is 1. The zero-order valence-electron chi connectivity index (χ0n) is 16.0. The van der Waals surface area contributed by atoms with Crippen LogP contribution < -0.4 is 0 Å². The summed E-state index contributed by atoms with van der Waals surface area (Å²) in [7, 11) is 0. The lowest BCUT2D eigenvalue weighted by Gasteiger charge is -2.18. The lowest BCUT2D eigenvalue weighted by Crippen LogP contribution is -2.03. The highest BCUT2D eigenvalue weighted by molar-refractivity contribution is 6.07. The molecule has 0 heterocycles. The molecular formula is C25H24O2. The van der Waals surface area contributed by atoms with Crippen molar-refractivity contribution in [3.8, 4) is 5.75 Å². The van der Waals surface area contributed by atoms with Crippen molar-refractivity contribution < 1.29 is 9.90 Å². The van der Waals surface area contributed by atoms with Crippen LogP contribution in [0.2, 0.25) is 0 Å². The Morgan fingerprint density at radius 1 is 1.07 bits per heavy atom. The maximum absolute atomic E-state index is 11.9. The summed E-state index contributed by atoms with van der Waals surface area (Å²) in [4.78, 5) is 11.9. The molecule has 1 N–H and O–H groups in total. The van der Waals surface area contributed by atoms with Crippen molar-refractivity contribution in [2.45, 2.75) is 27.2 Å². The van der Waals surface area contributed by atoms with Crippen LogP contribution in [-0.2, 0) is 11.2 Å². The Kier molecular flexibility index (Phi) is 5.27. The number of aromatic hydroxyl groups is 1. The number of carbonyl (C=O) groups is 1. The highest BCUT2D eigenvalue weighted by Crippen LogP contribution is 2.36. The monoisotopic (exact) mass is 356 g/mol. The van der Waals surface area contributed by atoms with Gasteiger partial charge in [0.1, 0.15) is 5.75 Å². The van der Waals surface area contributed by atoms with Gasteiger partial charge in [0.05, 0.1) is 0 Å². The van der Waals surface area contributed by atoms with E-state index in [-0.39, 0.29) is 5.78 Å². The SMILES string of the molecule is C=CCc1cc(/C(=C2\C=CC(=O)C(C)=C2)c2ccccc2C)cc(C)c1O. The number of hydrogen-bond acceptors (Lipinski definition) is 2. The number of carbonyl (C=O) groups excluding carboxylic acids is 1. The number of hydrogen-bond donors (Lipinski definition) is 1. The third-order valence-electron chi connectivity index (χ3n) is 4.91. The van der Waals surface area contributed by atoms with Gasteiger partial charge in [0.15, 0.2) is 5.78 Å². The summed E-state index contributed by atoms with van der Waals surface area (Å²) < 4.78 is 0. The van der Waals surface area contributed by atoms with E-state index in [9.17, 15) is 9.90 Å². The molecule has 0 radical (unpaired) electrons. The summed E-state index contributed by atoms with van der Waals surface area (Å²) >= 11 is 0. The summed E-state index contributed by atoms with van der Waals surface area (Å²) in [6.45, 7) is 9.64. The second-order valence-corrected chi connectivity index (χ2v) is 6.96. The molecule has 136 valence electrons. The first-order valence-corrected chi connectivity index (χ1v) is 9.07. The molecule has 0 saturated carbocycles. The van der Waals surface area contributed by atoms with E-state index in [1.54, 1.807) is 12.2 Å². The van der Waals surface area contributed by atoms with E-state index in [0.717, 1.165) is 44.5 Å². The van der Waals surface area contributed by atoms with Gasteiger partial charge in [0.2, 0.25) is 0 Å². The molecule has 0 aliphatic heterocycles.